The molecule has 1 aromatic carbocycles. The monoisotopic (exact) mass is 450 g/mol. The molecule has 2 aromatic heterocycles. The van der Waals surface area contributed by atoms with E-state index in [1.807, 2.05) is 7.05 Å². The summed E-state index contributed by atoms with van der Waals surface area (Å²) in [7, 11) is 1.99. The van der Waals surface area contributed by atoms with E-state index in [-0.39, 0.29) is 11.8 Å². The Labute approximate surface area is 191 Å². The van der Waals surface area contributed by atoms with E-state index in [0.29, 0.717) is 22.6 Å². The van der Waals surface area contributed by atoms with Crippen molar-refractivity contribution in [1.29, 1.82) is 0 Å². The number of carbonyl (C=O) groups is 2. The van der Waals surface area contributed by atoms with Crippen LogP contribution in [0, 0.1) is 0 Å². The topological polar surface area (TPSA) is 90.5 Å². The van der Waals surface area contributed by atoms with Crippen LogP contribution in [0.15, 0.2) is 54.2 Å². The second-order valence-corrected chi connectivity index (χ2v) is 8.52. The van der Waals surface area contributed by atoms with Gasteiger partial charge in [-0.05, 0) is 50.2 Å². The molecule has 2 N–H and O–H groups in total. The number of likely N-dealkylation sites (tertiary alicyclic amines) is 1. The maximum absolute atomic E-state index is 12.8. The van der Waals surface area contributed by atoms with E-state index in [2.05, 4.69) is 30.4 Å². The Bertz CT molecular complexity index is 1070. The van der Waals surface area contributed by atoms with Gasteiger partial charge >= 0.3 is 0 Å². The minimum absolute atomic E-state index is 0.325. The van der Waals surface area contributed by atoms with Gasteiger partial charge in [-0.3, -0.25) is 14.6 Å². The number of para-hydroxylation sites is 1. The molecule has 0 radical (unpaired) electrons. The zero-order valence-corrected chi connectivity index (χ0v) is 18.8. The van der Waals surface area contributed by atoms with Crippen LogP contribution < -0.4 is 15.5 Å². The largest absolute Gasteiger partial charge is 0.350 e. The van der Waals surface area contributed by atoms with Crippen molar-refractivity contribution in [2.45, 2.75) is 12.8 Å². The quantitative estimate of drug-likeness (QED) is 0.545. The number of hydrogen-bond donors (Lipinski definition) is 2. The molecule has 3 heterocycles. The van der Waals surface area contributed by atoms with Gasteiger partial charge in [0, 0.05) is 31.7 Å². The minimum Gasteiger partial charge on any atom is -0.350 e. The molecule has 1 aliphatic heterocycles. The van der Waals surface area contributed by atoms with Crippen LogP contribution in [0.5, 0.6) is 0 Å². The first kappa shape index (κ1) is 21.9. The van der Waals surface area contributed by atoms with Gasteiger partial charge in [-0.1, -0.05) is 12.1 Å². The van der Waals surface area contributed by atoms with E-state index in [1.54, 1.807) is 54.2 Å². The Balaban J connectivity index is 1.39. The summed E-state index contributed by atoms with van der Waals surface area (Å²) < 4.78 is 0. The number of amides is 2. The molecule has 3 aromatic rings. The fraction of sp³-hybridized carbons (Fsp3) is 0.304. The van der Waals surface area contributed by atoms with E-state index >= 15 is 0 Å². The minimum atomic E-state index is -0.345. The molecule has 32 heavy (non-hydrogen) atoms. The maximum atomic E-state index is 12.8. The fourth-order valence-corrected chi connectivity index (χ4v) is 4.35. The molecule has 0 spiro atoms. The average molecular weight is 451 g/mol. The third kappa shape index (κ3) is 5.49. The molecule has 0 atom stereocenters. The molecule has 0 aliphatic carbocycles. The molecule has 0 unspecified atom stereocenters. The van der Waals surface area contributed by atoms with Gasteiger partial charge in [0.15, 0.2) is 5.13 Å². The molecular weight excluding hydrogens is 424 g/mol. The summed E-state index contributed by atoms with van der Waals surface area (Å²) >= 11 is 1.44. The van der Waals surface area contributed by atoms with Crippen molar-refractivity contribution < 1.29 is 9.59 Å². The third-order valence-electron chi connectivity index (χ3n) is 5.34. The molecule has 8 nitrogen and oxygen atoms in total. The summed E-state index contributed by atoms with van der Waals surface area (Å²) in [6.07, 6.45) is 5.74. The lowest BCUT2D eigenvalue weighted by atomic mass is 10.1. The predicted octanol–water partition coefficient (Wildman–Crippen LogP) is 3.57. The van der Waals surface area contributed by atoms with Gasteiger partial charge in [0.2, 0.25) is 0 Å². The van der Waals surface area contributed by atoms with Crippen LogP contribution in [-0.2, 0) is 0 Å². The summed E-state index contributed by atoms with van der Waals surface area (Å²) in [6.45, 7) is 4.18. The summed E-state index contributed by atoms with van der Waals surface area (Å²) in [5.74, 6) is -0.670. The molecule has 1 saturated heterocycles. The number of pyridine rings is 1. The van der Waals surface area contributed by atoms with Gasteiger partial charge in [-0.15, -0.1) is 11.3 Å². The van der Waals surface area contributed by atoms with Crippen LogP contribution >= 0.6 is 11.3 Å². The van der Waals surface area contributed by atoms with Crippen LogP contribution in [0.4, 0.5) is 16.5 Å². The first-order valence-corrected chi connectivity index (χ1v) is 11.5. The number of thiazole rings is 1. The van der Waals surface area contributed by atoms with Crippen LogP contribution in [0.1, 0.15) is 33.7 Å². The molecule has 166 valence electrons. The SMILES string of the molecule is CN(CCN1CCCC1)c1nc(C(=O)Nc2ccccc2C(=O)Nc2cccnc2)cs1. The van der Waals surface area contributed by atoms with Crippen LogP contribution in [0.2, 0.25) is 0 Å². The number of aromatic nitrogens is 2. The number of likely N-dealkylation sites (N-methyl/N-ethyl adjacent to an activating group) is 1. The highest BCUT2D eigenvalue weighted by molar-refractivity contribution is 7.13. The van der Waals surface area contributed by atoms with Gasteiger partial charge in [-0.25, -0.2) is 4.98 Å². The van der Waals surface area contributed by atoms with Crippen molar-refractivity contribution in [3.8, 4) is 0 Å². The van der Waals surface area contributed by atoms with Crippen molar-refractivity contribution in [3.63, 3.8) is 0 Å². The van der Waals surface area contributed by atoms with E-state index in [9.17, 15) is 9.59 Å². The lowest BCUT2D eigenvalue weighted by Gasteiger charge is -2.20. The summed E-state index contributed by atoms with van der Waals surface area (Å²) in [5.41, 5.74) is 1.71. The average Bonchev–Trinajstić information content (AvgIpc) is 3.51. The molecular formula is C23H26N6O2S. The second-order valence-electron chi connectivity index (χ2n) is 7.68. The van der Waals surface area contributed by atoms with Crippen molar-refractivity contribution in [2.75, 3.05) is 48.8 Å². The summed E-state index contributed by atoms with van der Waals surface area (Å²) in [4.78, 5) is 38.6. The maximum Gasteiger partial charge on any atom is 0.275 e. The fourth-order valence-electron chi connectivity index (χ4n) is 3.55. The van der Waals surface area contributed by atoms with E-state index in [4.69, 9.17) is 0 Å². The molecule has 0 bridgehead atoms. The molecule has 2 amide bonds. The van der Waals surface area contributed by atoms with E-state index < -0.39 is 0 Å². The number of nitrogens with zero attached hydrogens (tertiary/aromatic N) is 4. The van der Waals surface area contributed by atoms with Gasteiger partial charge < -0.3 is 20.4 Å². The lowest BCUT2D eigenvalue weighted by Crippen LogP contribution is -2.31. The number of rotatable bonds is 8. The van der Waals surface area contributed by atoms with Crippen LogP contribution in [0.25, 0.3) is 0 Å². The highest BCUT2D eigenvalue weighted by Crippen LogP contribution is 2.22. The number of benzene rings is 1. The zero-order chi connectivity index (χ0) is 22.3. The molecule has 1 aliphatic rings. The van der Waals surface area contributed by atoms with Gasteiger partial charge in [0.05, 0.1) is 23.1 Å². The zero-order valence-electron chi connectivity index (χ0n) is 18.0. The van der Waals surface area contributed by atoms with Gasteiger partial charge in [0.25, 0.3) is 11.8 Å². The first-order valence-electron chi connectivity index (χ1n) is 10.6. The Morgan fingerprint density at radius 2 is 1.91 bits per heavy atom. The van der Waals surface area contributed by atoms with Crippen molar-refractivity contribution in [1.82, 2.24) is 14.9 Å². The Morgan fingerprint density at radius 1 is 1.09 bits per heavy atom. The van der Waals surface area contributed by atoms with Crippen molar-refractivity contribution in [3.05, 3.63) is 65.4 Å². The van der Waals surface area contributed by atoms with Gasteiger partial charge in [0.1, 0.15) is 5.69 Å². The highest BCUT2D eigenvalue weighted by atomic mass is 32.1. The van der Waals surface area contributed by atoms with Crippen molar-refractivity contribution >= 4 is 39.7 Å². The predicted molar refractivity (Wildman–Crippen MR) is 128 cm³/mol. The third-order valence-corrected chi connectivity index (χ3v) is 6.30. The molecule has 1 fully saturated rings. The Hall–Kier alpha value is -3.30. The summed E-state index contributed by atoms with van der Waals surface area (Å²) in [5, 5.41) is 8.16. The smallest absolute Gasteiger partial charge is 0.275 e. The number of hydrogen-bond acceptors (Lipinski definition) is 7. The number of carbonyl (C=O) groups excluding carboxylic acids is 2. The van der Waals surface area contributed by atoms with Crippen LogP contribution in [-0.4, -0.2) is 59.9 Å². The first-order chi connectivity index (χ1) is 15.6. The number of nitrogens with one attached hydrogen (secondary N) is 2. The molecule has 4 rings (SSSR count). The van der Waals surface area contributed by atoms with Crippen LogP contribution in [0.3, 0.4) is 0 Å². The van der Waals surface area contributed by atoms with E-state index in [1.165, 1.54) is 24.2 Å². The normalized spacial score (nSPS) is 13.7. The molecule has 0 saturated carbocycles. The highest BCUT2D eigenvalue weighted by Gasteiger charge is 2.18. The standard InChI is InChI=1S/C23H26N6O2S/c1-28(13-14-29-11-4-5-12-29)23-27-20(16-32-23)22(31)26-19-9-3-2-8-18(19)21(30)25-17-7-6-10-24-15-17/h2-3,6-10,15-16H,4-5,11-14H2,1H3,(H,25,30)(H,26,31). The van der Waals surface area contributed by atoms with Crippen molar-refractivity contribution in [2.24, 2.45) is 0 Å². The number of anilines is 3. The van der Waals surface area contributed by atoms with E-state index in [0.717, 1.165) is 31.3 Å². The molecule has 9 heteroatoms. The second kappa shape index (κ2) is 10.3. The Kier molecular flexibility index (Phi) is 7.08. The van der Waals surface area contributed by atoms with Gasteiger partial charge in [-0.2, -0.15) is 0 Å². The Morgan fingerprint density at radius 3 is 2.69 bits per heavy atom. The summed E-state index contributed by atoms with van der Waals surface area (Å²) in [6, 6.07) is 10.4. The lowest BCUT2D eigenvalue weighted by molar-refractivity contribution is 0.102.